The lowest BCUT2D eigenvalue weighted by molar-refractivity contribution is 0.461. The number of nitrogens with one attached hydrogen (secondary N) is 1. The molecule has 1 fully saturated rings. The Bertz CT molecular complexity index is 321. The highest BCUT2D eigenvalue weighted by atomic mass is 19.1. The van der Waals surface area contributed by atoms with Crippen molar-refractivity contribution in [2.75, 3.05) is 6.54 Å². The molecule has 0 saturated carbocycles. The molecule has 0 aliphatic carbocycles. The van der Waals surface area contributed by atoms with Gasteiger partial charge < -0.3 is 10.4 Å². The van der Waals surface area contributed by atoms with Crippen LogP contribution < -0.4 is 5.32 Å². The van der Waals surface area contributed by atoms with E-state index in [-0.39, 0.29) is 17.6 Å². The second kappa shape index (κ2) is 2.45. The standard InChI is InChI=1S/C9H10FNO/c1-5-2-6(10)3-7(9(5)12)8-4-11-8/h2-3,8,11-12H,4H2,1H3/t8-/m1/s1. The molecule has 2 rings (SSSR count). The number of halogens is 1. The van der Waals surface area contributed by atoms with Crippen molar-refractivity contribution in [3.05, 3.63) is 29.1 Å². The fourth-order valence-corrected chi connectivity index (χ4v) is 1.31. The minimum atomic E-state index is -0.283. The van der Waals surface area contributed by atoms with Crippen molar-refractivity contribution in [1.82, 2.24) is 5.32 Å². The first-order chi connectivity index (χ1) is 5.68. The molecule has 1 aliphatic rings. The number of aromatic hydroxyl groups is 1. The summed E-state index contributed by atoms with van der Waals surface area (Å²) in [4.78, 5) is 0. The second-order valence-electron chi connectivity index (χ2n) is 3.12. The van der Waals surface area contributed by atoms with Gasteiger partial charge in [-0.1, -0.05) is 0 Å². The normalized spacial score (nSPS) is 21.0. The summed E-state index contributed by atoms with van der Waals surface area (Å²) < 4.78 is 12.9. The average molecular weight is 167 g/mol. The van der Waals surface area contributed by atoms with Crippen molar-refractivity contribution in [2.45, 2.75) is 13.0 Å². The lowest BCUT2D eigenvalue weighted by atomic mass is 10.1. The zero-order valence-electron chi connectivity index (χ0n) is 6.76. The lowest BCUT2D eigenvalue weighted by Crippen LogP contribution is -1.90. The quantitative estimate of drug-likeness (QED) is 0.622. The molecular weight excluding hydrogens is 157 g/mol. The summed E-state index contributed by atoms with van der Waals surface area (Å²) in [5.41, 5.74) is 1.27. The van der Waals surface area contributed by atoms with Gasteiger partial charge in [0.05, 0.1) is 0 Å². The molecule has 2 nitrogen and oxygen atoms in total. The number of hydrogen-bond acceptors (Lipinski definition) is 2. The number of hydrogen-bond donors (Lipinski definition) is 2. The molecule has 1 aromatic rings. The summed E-state index contributed by atoms with van der Waals surface area (Å²) in [6, 6.07) is 2.87. The van der Waals surface area contributed by atoms with Gasteiger partial charge >= 0.3 is 0 Å². The summed E-state index contributed by atoms with van der Waals surface area (Å²) in [7, 11) is 0. The van der Waals surface area contributed by atoms with Crippen molar-refractivity contribution < 1.29 is 9.50 Å². The number of rotatable bonds is 1. The average Bonchev–Trinajstić information content (AvgIpc) is 2.79. The van der Waals surface area contributed by atoms with E-state index in [0.717, 1.165) is 6.54 Å². The third kappa shape index (κ3) is 1.16. The highest BCUT2D eigenvalue weighted by molar-refractivity contribution is 5.43. The molecule has 12 heavy (non-hydrogen) atoms. The van der Waals surface area contributed by atoms with E-state index in [9.17, 15) is 9.50 Å². The zero-order chi connectivity index (χ0) is 8.72. The Morgan fingerprint density at radius 3 is 2.83 bits per heavy atom. The van der Waals surface area contributed by atoms with Gasteiger partial charge in [0.2, 0.25) is 0 Å². The van der Waals surface area contributed by atoms with Gasteiger partial charge in [-0.3, -0.25) is 0 Å². The molecule has 1 aromatic carbocycles. The van der Waals surface area contributed by atoms with Gasteiger partial charge in [0.1, 0.15) is 11.6 Å². The highest BCUT2D eigenvalue weighted by Crippen LogP contribution is 2.32. The third-order valence-corrected chi connectivity index (χ3v) is 2.08. The van der Waals surface area contributed by atoms with Gasteiger partial charge in [-0.15, -0.1) is 0 Å². The van der Waals surface area contributed by atoms with E-state index < -0.39 is 0 Å². The van der Waals surface area contributed by atoms with Crippen molar-refractivity contribution in [3.63, 3.8) is 0 Å². The topological polar surface area (TPSA) is 42.2 Å². The summed E-state index contributed by atoms with van der Waals surface area (Å²) >= 11 is 0. The molecule has 2 N–H and O–H groups in total. The summed E-state index contributed by atoms with van der Waals surface area (Å²) in [6.45, 7) is 2.53. The summed E-state index contributed by atoms with van der Waals surface area (Å²) in [5, 5.41) is 12.5. The zero-order valence-corrected chi connectivity index (χ0v) is 6.76. The van der Waals surface area contributed by atoms with Gasteiger partial charge in [0.25, 0.3) is 0 Å². The fraction of sp³-hybridized carbons (Fsp3) is 0.333. The van der Waals surface area contributed by atoms with Gasteiger partial charge in [0.15, 0.2) is 0 Å². The van der Waals surface area contributed by atoms with E-state index in [1.54, 1.807) is 6.92 Å². The fourth-order valence-electron chi connectivity index (χ4n) is 1.31. The maximum Gasteiger partial charge on any atom is 0.124 e. The number of aryl methyl sites for hydroxylation is 1. The van der Waals surface area contributed by atoms with Crippen LogP contribution in [0.3, 0.4) is 0 Å². The predicted octanol–water partition coefficient (Wildman–Crippen LogP) is 1.48. The van der Waals surface area contributed by atoms with Crippen LogP contribution in [-0.2, 0) is 0 Å². The van der Waals surface area contributed by atoms with Crippen LogP contribution in [0.25, 0.3) is 0 Å². The van der Waals surface area contributed by atoms with Crippen LogP contribution in [0, 0.1) is 12.7 Å². The van der Waals surface area contributed by atoms with Crippen LogP contribution in [0.4, 0.5) is 4.39 Å². The van der Waals surface area contributed by atoms with E-state index in [0.29, 0.717) is 11.1 Å². The van der Waals surface area contributed by atoms with Crippen molar-refractivity contribution in [2.24, 2.45) is 0 Å². The van der Waals surface area contributed by atoms with Gasteiger partial charge in [-0.05, 0) is 24.6 Å². The Morgan fingerprint density at radius 2 is 2.25 bits per heavy atom. The van der Waals surface area contributed by atoms with Gasteiger partial charge in [0, 0.05) is 18.2 Å². The Hall–Kier alpha value is -1.09. The van der Waals surface area contributed by atoms with E-state index in [1.165, 1.54) is 12.1 Å². The first-order valence-electron chi connectivity index (χ1n) is 3.91. The van der Waals surface area contributed by atoms with Crippen LogP contribution >= 0.6 is 0 Å². The summed E-state index contributed by atoms with van der Waals surface area (Å²) in [5.74, 6) is -0.0691. The molecule has 0 spiro atoms. The van der Waals surface area contributed by atoms with Crippen LogP contribution in [0.2, 0.25) is 0 Å². The minimum Gasteiger partial charge on any atom is -0.507 e. The highest BCUT2D eigenvalue weighted by Gasteiger charge is 2.26. The Morgan fingerprint density at radius 1 is 1.58 bits per heavy atom. The SMILES string of the molecule is Cc1cc(F)cc([C@H]2CN2)c1O. The molecule has 0 unspecified atom stereocenters. The van der Waals surface area contributed by atoms with Crippen LogP contribution in [-0.4, -0.2) is 11.7 Å². The lowest BCUT2D eigenvalue weighted by Gasteiger charge is -2.04. The first-order valence-corrected chi connectivity index (χ1v) is 3.91. The Balaban J connectivity index is 2.51. The van der Waals surface area contributed by atoms with Crippen molar-refractivity contribution >= 4 is 0 Å². The largest absolute Gasteiger partial charge is 0.507 e. The molecule has 0 amide bonds. The molecular formula is C9H10FNO. The number of phenols is 1. The smallest absolute Gasteiger partial charge is 0.124 e. The molecule has 0 aromatic heterocycles. The van der Waals surface area contributed by atoms with Crippen LogP contribution in [0.5, 0.6) is 5.75 Å². The van der Waals surface area contributed by atoms with Gasteiger partial charge in [-0.25, -0.2) is 4.39 Å². The predicted molar refractivity (Wildman–Crippen MR) is 43.5 cm³/mol. The van der Waals surface area contributed by atoms with Crippen molar-refractivity contribution in [1.29, 1.82) is 0 Å². The second-order valence-corrected chi connectivity index (χ2v) is 3.12. The molecule has 1 aliphatic heterocycles. The van der Waals surface area contributed by atoms with E-state index in [2.05, 4.69) is 5.32 Å². The van der Waals surface area contributed by atoms with E-state index in [4.69, 9.17) is 0 Å². The third-order valence-electron chi connectivity index (χ3n) is 2.08. The molecule has 3 heteroatoms. The first kappa shape index (κ1) is 7.55. The van der Waals surface area contributed by atoms with Crippen molar-refractivity contribution in [3.8, 4) is 5.75 Å². The monoisotopic (exact) mass is 167 g/mol. The molecule has 0 bridgehead atoms. The van der Waals surface area contributed by atoms with E-state index in [1.807, 2.05) is 0 Å². The number of phenolic OH excluding ortho intramolecular Hbond substituents is 1. The molecule has 1 atom stereocenters. The molecule has 0 radical (unpaired) electrons. The summed E-state index contributed by atoms with van der Waals surface area (Å²) in [6.07, 6.45) is 0. The van der Waals surface area contributed by atoms with Gasteiger partial charge in [-0.2, -0.15) is 0 Å². The Labute approximate surface area is 70.0 Å². The Kier molecular flexibility index (Phi) is 1.54. The van der Waals surface area contributed by atoms with Crippen LogP contribution in [0.15, 0.2) is 12.1 Å². The minimum absolute atomic E-state index is 0.152. The van der Waals surface area contributed by atoms with E-state index >= 15 is 0 Å². The maximum absolute atomic E-state index is 12.9. The maximum atomic E-state index is 12.9. The van der Waals surface area contributed by atoms with Crippen LogP contribution in [0.1, 0.15) is 17.2 Å². The molecule has 64 valence electrons. The molecule has 1 heterocycles. The number of benzene rings is 1. The molecule has 1 saturated heterocycles.